The SMILES string of the molecule is COC(OC)C1C(CC=CCCCC(=O)O)=CCCC1SC(C)=O. The molecule has 2 unspecified atom stereocenters. The van der Waals surface area contributed by atoms with Gasteiger partial charge in [0.15, 0.2) is 11.4 Å². The van der Waals surface area contributed by atoms with Crippen LogP contribution in [0.2, 0.25) is 0 Å². The second-order valence-corrected chi connectivity index (χ2v) is 7.25. The van der Waals surface area contributed by atoms with Gasteiger partial charge in [-0.1, -0.05) is 35.6 Å². The first kappa shape index (κ1) is 20.9. The highest BCUT2D eigenvalue weighted by Crippen LogP contribution is 2.39. The lowest BCUT2D eigenvalue weighted by molar-refractivity contribution is -0.137. The van der Waals surface area contributed by atoms with Gasteiger partial charge >= 0.3 is 5.97 Å². The quantitative estimate of drug-likeness (QED) is 0.365. The number of hydrogen-bond acceptors (Lipinski definition) is 5. The second kappa shape index (κ2) is 11.4. The zero-order valence-electron chi connectivity index (χ0n) is 14.7. The highest BCUT2D eigenvalue weighted by molar-refractivity contribution is 8.14. The number of ether oxygens (including phenoxy) is 2. The molecule has 1 N–H and O–H groups in total. The number of unbranched alkanes of at least 4 members (excludes halogenated alkanes) is 1. The summed E-state index contributed by atoms with van der Waals surface area (Å²) in [6, 6.07) is 0. The molecule has 1 aliphatic carbocycles. The maximum Gasteiger partial charge on any atom is 0.303 e. The number of carbonyl (C=O) groups excluding carboxylic acids is 1. The molecule has 0 spiro atoms. The van der Waals surface area contributed by atoms with Crippen molar-refractivity contribution < 1.29 is 24.2 Å². The van der Waals surface area contributed by atoms with E-state index >= 15 is 0 Å². The van der Waals surface area contributed by atoms with Crippen LogP contribution >= 0.6 is 11.8 Å². The lowest BCUT2D eigenvalue weighted by Crippen LogP contribution is -2.36. The van der Waals surface area contributed by atoms with E-state index in [1.54, 1.807) is 21.1 Å². The molecule has 0 amide bonds. The van der Waals surface area contributed by atoms with Crippen LogP contribution in [0.3, 0.4) is 0 Å². The van der Waals surface area contributed by atoms with Crippen LogP contribution in [-0.4, -0.2) is 42.0 Å². The molecule has 0 heterocycles. The molecule has 0 saturated carbocycles. The predicted octanol–water partition coefficient (Wildman–Crippen LogP) is 3.79. The molecule has 0 saturated heterocycles. The van der Waals surface area contributed by atoms with E-state index in [2.05, 4.69) is 12.2 Å². The summed E-state index contributed by atoms with van der Waals surface area (Å²) in [6.45, 7) is 1.59. The van der Waals surface area contributed by atoms with Crippen molar-refractivity contribution in [3.05, 3.63) is 23.8 Å². The third-order valence-electron chi connectivity index (χ3n) is 4.04. The van der Waals surface area contributed by atoms with Crippen molar-refractivity contribution in [2.24, 2.45) is 5.92 Å². The third kappa shape index (κ3) is 7.20. The van der Waals surface area contributed by atoms with Crippen molar-refractivity contribution in [1.29, 1.82) is 0 Å². The van der Waals surface area contributed by atoms with Crippen LogP contribution in [0.4, 0.5) is 0 Å². The summed E-state index contributed by atoms with van der Waals surface area (Å²) in [4.78, 5) is 22.0. The van der Waals surface area contributed by atoms with E-state index in [0.29, 0.717) is 6.42 Å². The lowest BCUT2D eigenvalue weighted by Gasteiger charge is -2.35. The Kier molecular flexibility index (Phi) is 9.98. The van der Waals surface area contributed by atoms with E-state index in [1.807, 2.05) is 6.08 Å². The topological polar surface area (TPSA) is 72.8 Å². The van der Waals surface area contributed by atoms with Crippen LogP contribution in [0, 0.1) is 5.92 Å². The van der Waals surface area contributed by atoms with Gasteiger partial charge < -0.3 is 14.6 Å². The Hall–Kier alpha value is -1.11. The van der Waals surface area contributed by atoms with Crippen LogP contribution in [-0.2, 0) is 19.1 Å². The second-order valence-electron chi connectivity index (χ2n) is 5.83. The molecular formula is C18H28O5S. The number of carboxylic acid groups (broad SMARTS) is 1. The van der Waals surface area contributed by atoms with Crippen molar-refractivity contribution in [2.75, 3.05) is 14.2 Å². The molecule has 0 radical (unpaired) electrons. The molecule has 0 bridgehead atoms. The molecule has 1 aliphatic rings. The summed E-state index contributed by atoms with van der Waals surface area (Å²) in [6.07, 6.45) is 10.2. The van der Waals surface area contributed by atoms with Crippen LogP contribution in [0.15, 0.2) is 23.8 Å². The van der Waals surface area contributed by atoms with Crippen LogP contribution in [0.1, 0.15) is 45.4 Å². The first-order chi connectivity index (χ1) is 11.5. The maximum atomic E-state index is 11.6. The zero-order chi connectivity index (χ0) is 17.9. The number of rotatable bonds is 10. The van der Waals surface area contributed by atoms with Crippen molar-refractivity contribution in [1.82, 2.24) is 0 Å². The van der Waals surface area contributed by atoms with E-state index < -0.39 is 5.97 Å². The van der Waals surface area contributed by atoms with E-state index in [9.17, 15) is 9.59 Å². The standard InChI is InChI=1S/C18H28O5S/c1-13(19)24-15-11-8-10-14(17(15)18(22-2)23-3)9-6-4-5-7-12-16(20)21/h4,6,10,15,17-18H,5,7-9,11-12H2,1-3H3,(H,20,21). The summed E-state index contributed by atoms with van der Waals surface area (Å²) in [5, 5.41) is 8.91. The first-order valence-electron chi connectivity index (χ1n) is 8.28. The van der Waals surface area contributed by atoms with Gasteiger partial charge in [-0.25, -0.2) is 0 Å². The van der Waals surface area contributed by atoms with E-state index in [0.717, 1.165) is 25.7 Å². The lowest BCUT2D eigenvalue weighted by atomic mass is 9.84. The van der Waals surface area contributed by atoms with Gasteiger partial charge in [-0.05, 0) is 32.1 Å². The summed E-state index contributed by atoms with van der Waals surface area (Å²) >= 11 is 1.37. The molecule has 0 fully saturated rings. The number of carboxylic acids is 1. The average Bonchev–Trinajstić information content (AvgIpc) is 2.53. The Bertz CT molecular complexity index is 468. The van der Waals surface area contributed by atoms with Gasteiger partial charge in [0, 0.05) is 38.7 Å². The predicted molar refractivity (Wildman–Crippen MR) is 95.9 cm³/mol. The van der Waals surface area contributed by atoms with E-state index in [4.69, 9.17) is 14.6 Å². The zero-order valence-corrected chi connectivity index (χ0v) is 15.5. The molecule has 0 aliphatic heterocycles. The van der Waals surface area contributed by atoms with E-state index in [1.165, 1.54) is 17.3 Å². The largest absolute Gasteiger partial charge is 0.481 e. The molecular weight excluding hydrogens is 328 g/mol. The van der Waals surface area contributed by atoms with Gasteiger partial charge in [0.2, 0.25) is 0 Å². The molecule has 0 aromatic carbocycles. The van der Waals surface area contributed by atoms with Crippen LogP contribution in [0.25, 0.3) is 0 Å². The fourth-order valence-electron chi connectivity index (χ4n) is 3.00. The minimum absolute atomic E-state index is 0.0475. The normalized spacial score (nSPS) is 21.2. The fourth-order valence-corrected chi connectivity index (χ4v) is 4.13. The van der Waals surface area contributed by atoms with Gasteiger partial charge in [-0.3, -0.25) is 9.59 Å². The van der Waals surface area contributed by atoms with Crippen molar-refractivity contribution in [3.63, 3.8) is 0 Å². The van der Waals surface area contributed by atoms with Crippen LogP contribution < -0.4 is 0 Å². The van der Waals surface area contributed by atoms with Gasteiger partial charge in [0.1, 0.15) is 0 Å². The van der Waals surface area contributed by atoms with Gasteiger partial charge in [-0.15, -0.1) is 0 Å². The molecule has 136 valence electrons. The smallest absolute Gasteiger partial charge is 0.303 e. The molecule has 1 rings (SSSR count). The molecule has 2 atom stereocenters. The Morgan fingerprint density at radius 2 is 2.08 bits per heavy atom. The molecule has 0 aromatic heterocycles. The number of aliphatic carboxylic acids is 1. The average molecular weight is 356 g/mol. The Morgan fingerprint density at radius 1 is 1.38 bits per heavy atom. The first-order valence-corrected chi connectivity index (χ1v) is 9.16. The number of allylic oxidation sites excluding steroid dienone is 3. The van der Waals surface area contributed by atoms with Crippen molar-refractivity contribution in [3.8, 4) is 0 Å². The molecule has 0 aromatic rings. The third-order valence-corrected chi connectivity index (χ3v) is 5.21. The summed E-state index contributed by atoms with van der Waals surface area (Å²) in [5.74, 6) is -0.711. The Balaban J connectivity index is 2.70. The highest BCUT2D eigenvalue weighted by Gasteiger charge is 2.35. The molecule has 24 heavy (non-hydrogen) atoms. The van der Waals surface area contributed by atoms with Gasteiger partial charge in [-0.2, -0.15) is 0 Å². The van der Waals surface area contributed by atoms with Crippen molar-refractivity contribution in [2.45, 2.75) is 57.0 Å². The van der Waals surface area contributed by atoms with Gasteiger partial charge in [0.05, 0.1) is 0 Å². The highest BCUT2D eigenvalue weighted by atomic mass is 32.2. The van der Waals surface area contributed by atoms with Crippen molar-refractivity contribution >= 4 is 22.8 Å². The summed E-state index contributed by atoms with van der Waals surface area (Å²) in [7, 11) is 3.25. The number of carbonyl (C=O) groups is 2. The maximum absolute atomic E-state index is 11.6. The molecule has 5 nitrogen and oxygen atoms in total. The van der Waals surface area contributed by atoms with Gasteiger partial charge in [0.25, 0.3) is 0 Å². The fraction of sp³-hybridized carbons (Fsp3) is 0.667. The minimum atomic E-state index is -0.759. The number of thioether (sulfide) groups is 1. The monoisotopic (exact) mass is 356 g/mol. The minimum Gasteiger partial charge on any atom is -0.481 e. The summed E-state index contributed by atoms with van der Waals surface area (Å²) in [5.41, 5.74) is 1.23. The Labute approximate surface area is 148 Å². The van der Waals surface area contributed by atoms with E-state index in [-0.39, 0.29) is 29.0 Å². The van der Waals surface area contributed by atoms with Crippen LogP contribution in [0.5, 0.6) is 0 Å². The Morgan fingerprint density at radius 3 is 2.67 bits per heavy atom. The number of methoxy groups -OCH3 is 2. The number of hydrogen-bond donors (Lipinski definition) is 1. The molecule has 6 heteroatoms. The summed E-state index contributed by atoms with van der Waals surface area (Å²) < 4.78 is 11.0.